The second-order valence-electron chi connectivity index (χ2n) is 16.0. The van der Waals surface area contributed by atoms with E-state index >= 15 is 0 Å². The molecule has 3 aromatic rings. The van der Waals surface area contributed by atoms with Crippen molar-refractivity contribution >= 4 is 29.1 Å². The molecule has 0 amide bonds. The second-order valence-corrected chi connectivity index (χ2v) is 18.2. The average Bonchev–Trinajstić information content (AvgIpc) is 3.39. The summed E-state index contributed by atoms with van der Waals surface area (Å²) in [5.74, 6) is 0. The molecule has 2 aliphatic heterocycles. The summed E-state index contributed by atoms with van der Waals surface area (Å²) < 4.78 is 0. The van der Waals surface area contributed by atoms with Crippen LogP contribution in [0.2, 0.25) is 0 Å². The Morgan fingerprint density at radius 2 is 1.48 bits per heavy atom. The number of fused-ring (bicyclic) bond motifs is 6. The van der Waals surface area contributed by atoms with Gasteiger partial charge in [0.15, 0.2) is 0 Å². The van der Waals surface area contributed by atoms with Gasteiger partial charge in [0.25, 0.3) is 0 Å². The number of hydrogen-bond donors (Lipinski definition) is 0. The van der Waals surface area contributed by atoms with E-state index in [0.717, 1.165) is 33.0 Å². The highest BCUT2D eigenvalue weighted by Crippen LogP contribution is 2.59. The number of hydrogen-bond acceptors (Lipinski definition) is 2. The molecule has 0 saturated heterocycles. The molecular weight excluding hydrogens is 689 g/mol. The minimum Gasteiger partial charge on any atom is -0.0991 e. The molecule has 2 heterocycles. The molecule has 54 heavy (non-hydrogen) atoms. The molecule has 2 aliphatic carbocycles. The monoisotopic (exact) mass is 738 g/mol. The van der Waals surface area contributed by atoms with Gasteiger partial charge < -0.3 is 0 Å². The van der Waals surface area contributed by atoms with Gasteiger partial charge in [-0.1, -0.05) is 207 Å². The van der Waals surface area contributed by atoms with Crippen LogP contribution in [-0.2, 0) is 10.8 Å². The van der Waals surface area contributed by atoms with Crippen molar-refractivity contribution in [3.8, 4) is 11.1 Å². The Morgan fingerprint density at radius 3 is 2.28 bits per heavy atom. The number of thioether (sulfide) groups is 1. The summed E-state index contributed by atoms with van der Waals surface area (Å²) in [6.07, 6.45) is 28.3. The predicted molar refractivity (Wildman–Crippen MR) is 239 cm³/mol. The van der Waals surface area contributed by atoms with Gasteiger partial charge in [-0.25, -0.2) is 0 Å². The number of rotatable bonds is 5. The third-order valence-electron chi connectivity index (χ3n) is 11.6. The Hall–Kier alpha value is -4.76. The summed E-state index contributed by atoms with van der Waals surface area (Å²) in [5.41, 5.74) is 14.7. The maximum atomic E-state index is 4.58. The van der Waals surface area contributed by atoms with E-state index in [2.05, 4.69) is 189 Å². The summed E-state index contributed by atoms with van der Waals surface area (Å²) in [5, 5.41) is 0. The molecule has 0 radical (unpaired) electrons. The van der Waals surface area contributed by atoms with Crippen LogP contribution >= 0.6 is 23.5 Å². The van der Waals surface area contributed by atoms with Crippen LogP contribution in [0.1, 0.15) is 75.8 Å². The van der Waals surface area contributed by atoms with E-state index in [-0.39, 0.29) is 16.2 Å². The Labute approximate surface area is 332 Å². The van der Waals surface area contributed by atoms with Crippen molar-refractivity contribution in [1.29, 1.82) is 0 Å². The maximum Gasteiger partial charge on any atom is 0.0245 e. The Kier molecular flexibility index (Phi) is 10.1. The molecule has 0 aromatic heterocycles. The fraction of sp³-hybridized carbons (Fsp3) is 0.192. The summed E-state index contributed by atoms with van der Waals surface area (Å²) in [7, 11) is 0. The molecule has 4 aliphatic rings. The molecule has 0 N–H and O–H groups in total. The van der Waals surface area contributed by atoms with Crippen LogP contribution in [0.5, 0.6) is 0 Å². The molecule has 3 aromatic carbocycles. The number of benzene rings is 3. The van der Waals surface area contributed by atoms with Crippen LogP contribution in [0.25, 0.3) is 16.7 Å². The van der Waals surface area contributed by atoms with Crippen molar-refractivity contribution in [2.45, 2.75) is 68.6 Å². The molecule has 0 spiro atoms. The van der Waals surface area contributed by atoms with Gasteiger partial charge in [0, 0.05) is 41.4 Å². The van der Waals surface area contributed by atoms with Crippen LogP contribution < -0.4 is 0 Å². The van der Waals surface area contributed by atoms with Crippen LogP contribution in [-0.4, -0.2) is 0 Å². The summed E-state index contributed by atoms with van der Waals surface area (Å²) >= 11 is 3.63. The first-order valence-electron chi connectivity index (χ1n) is 18.8. The van der Waals surface area contributed by atoms with Crippen LogP contribution in [0.15, 0.2) is 202 Å². The van der Waals surface area contributed by atoms with Gasteiger partial charge >= 0.3 is 0 Å². The molecule has 0 saturated carbocycles. The van der Waals surface area contributed by atoms with E-state index in [1.807, 2.05) is 23.9 Å². The minimum absolute atomic E-state index is 0.0676. The highest BCUT2D eigenvalue weighted by molar-refractivity contribution is 8.07. The quantitative estimate of drug-likeness (QED) is 0.239. The second kappa shape index (κ2) is 14.5. The predicted octanol–water partition coefficient (Wildman–Crippen LogP) is 15.1. The first-order chi connectivity index (χ1) is 25.8. The molecule has 0 fully saturated rings. The summed E-state index contributed by atoms with van der Waals surface area (Å²) in [6.45, 7) is 31.3. The lowest BCUT2D eigenvalue weighted by Gasteiger charge is -2.36. The molecular formula is C52H50S2. The number of allylic oxidation sites excluding steroid dienone is 18. The molecule has 2 heteroatoms. The molecule has 0 unspecified atom stereocenters. The lowest BCUT2D eigenvalue weighted by Crippen LogP contribution is -2.24. The Balaban J connectivity index is 1.24. The van der Waals surface area contributed by atoms with E-state index in [4.69, 9.17) is 0 Å². The average molecular weight is 739 g/mol. The van der Waals surface area contributed by atoms with E-state index in [0.29, 0.717) is 0 Å². The molecule has 0 nitrogen and oxygen atoms in total. The zero-order chi connectivity index (χ0) is 38.4. The van der Waals surface area contributed by atoms with E-state index in [1.165, 1.54) is 59.9 Å². The van der Waals surface area contributed by atoms with Crippen LogP contribution in [0.3, 0.4) is 0 Å². The van der Waals surface area contributed by atoms with Gasteiger partial charge in [0.2, 0.25) is 0 Å². The van der Waals surface area contributed by atoms with Crippen LogP contribution in [0, 0.1) is 5.41 Å². The third kappa shape index (κ3) is 6.54. The first kappa shape index (κ1) is 37.6. The standard InChI is InChI=1S/C52H50S2/c1-11-12-14-21-37(22-19-26-46-34(2)27-30-41-39(36(4)53-46)23-16-13-15-20-35(3)50(41,5)6)38-28-29-40-45(33-38)52(9,10)43-31-32-44-49(48(40)43)54-47-25-18-17-24-42(47)51(44,7)8/h11-22,24-33H,1-4,23H2,5-10H3/b14-12-,16-13-,20-15-,22-19+,30-27-,37-21+,41-39+,46-26-. The van der Waals surface area contributed by atoms with Crippen molar-refractivity contribution in [2.75, 3.05) is 0 Å². The first-order valence-corrected chi connectivity index (χ1v) is 20.4. The van der Waals surface area contributed by atoms with Crippen molar-refractivity contribution in [2.24, 2.45) is 5.41 Å². The summed E-state index contributed by atoms with van der Waals surface area (Å²) in [6, 6.07) is 20.7. The fourth-order valence-corrected chi connectivity index (χ4v) is 10.7. The van der Waals surface area contributed by atoms with Crippen molar-refractivity contribution < 1.29 is 0 Å². The van der Waals surface area contributed by atoms with E-state index in [1.54, 1.807) is 11.8 Å². The van der Waals surface area contributed by atoms with Gasteiger partial charge in [-0.05, 0) is 85.9 Å². The van der Waals surface area contributed by atoms with Crippen LogP contribution in [0.4, 0.5) is 0 Å². The minimum atomic E-state index is -0.232. The smallest absolute Gasteiger partial charge is 0.0245 e. The fourth-order valence-electron chi connectivity index (χ4n) is 8.17. The van der Waals surface area contributed by atoms with Crippen molar-refractivity contribution in [3.05, 3.63) is 220 Å². The van der Waals surface area contributed by atoms with Gasteiger partial charge in [-0.2, -0.15) is 0 Å². The maximum absolute atomic E-state index is 4.58. The van der Waals surface area contributed by atoms with E-state index < -0.39 is 0 Å². The highest BCUT2D eigenvalue weighted by Gasteiger charge is 2.42. The van der Waals surface area contributed by atoms with E-state index in [9.17, 15) is 0 Å². The Morgan fingerprint density at radius 1 is 0.722 bits per heavy atom. The summed E-state index contributed by atoms with van der Waals surface area (Å²) in [4.78, 5) is 4.88. The Bertz CT molecular complexity index is 2380. The largest absolute Gasteiger partial charge is 0.0991 e. The molecule has 0 atom stereocenters. The van der Waals surface area contributed by atoms with Crippen molar-refractivity contribution in [1.82, 2.24) is 0 Å². The lowest BCUT2D eigenvalue weighted by atomic mass is 9.74. The SMILES string of the molecule is C=C\C=C/C=C(\C=C\C=C1/SC(=C)/C2=C(\C=C/C1=C)C(C)(C)C(=C)/C=C\C=C/C2)c1ccc2c(c1)C(C)(C)c1ccc3c(c1-2)Sc1ccccc1C3(C)C. The normalized spacial score (nSPS) is 23.6. The molecule has 270 valence electrons. The molecule has 7 rings (SSSR count). The van der Waals surface area contributed by atoms with Gasteiger partial charge in [0.1, 0.15) is 0 Å². The van der Waals surface area contributed by atoms with Gasteiger partial charge in [-0.3, -0.25) is 0 Å². The zero-order valence-electron chi connectivity index (χ0n) is 32.6. The highest BCUT2D eigenvalue weighted by atomic mass is 32.2. The molecule has 0 bridgehead atoms. The topological polar surface area (TPSA) is 0 Å². The lowest BCUT2D eigenvalue weighted by molar-refractivity contribution is 0.563. The van der Waals surface area contributed by atoms with Crippen molar-refractivity contribution in [3.63, 3.8) is 0 Å². The zero-order valence-corrected chi connectivity index (χ0v) is 34.2. The van der Waals surface area contributed by atoms with Gasteiger partial charge in [0.05, 0.1) is 0 Å². The van der Waals surface area contributed by atoms with Gasteiger partial charge in [-0.15, -0.1) is 0 Å². The third-order valence-corrected chi connectivity index (χ3v) is 13.9.